The smallest absolute Gasteiger partial charge is 0.257 e. The van der Waals surface area contributed by atoms with E-state index in [2.05, 4.69) is 48.3 Å². The van der Waals surface area contributed by atoms with Gasteiger partial charge in [0.2, 0.25) is 5.91 Å². The molecule has 0 saturated heterocycles. The second kappa shape index (κ2) is 12.5. The van der Waals surface area contributed by atoms with Crippen molar-refractivity contribution in [2.24, 2.45) is 0 Å². The summed E-state index contributed by atoms with van der Waals surface area (Å²) >= 11 is 0. The highest BCUT2D eigenvalue weighted by Crippen LogP contribution is 2.38. The molecule has 1 heterocycles. The molecular formula is C31H37N3O2. The number of hydrogen-bond acceptors (Lipinski definition) is 3. The second-order valence-electron chi connectivity index (χ2n) is 9.51. The van der Waals surface area contributed by atoms with E-state index in [1.54, 1.807) is 11.0 Å². The second-order valence-corrected chi connectivity index (χ2v) is 9.51. The molecule has 0 unspecified atom stereocenters. The first-order chi connectivity index (χ1) is 17.6. The highest BCUT2D eigenvalue weighted by atomic mass is 16.2. The summed E-state index contributed by atoms with van der Waals surface area (Å²) < 4.78 is 0. The highest BCUT2D eigenvalue weighted by molar-refractivity contribution is 6.17. The van der Waals surface area contributed by atoms with Gasteiger partial charge in [-0.1, -0.05) is 62.4 Å². The Morgan fingerprint density at radius 1 is 0.778 bits per heavy atom. The third kappa shape index (κ3) is 6.21. The number of anilines is 3. The minimum atomic E-state index is -0.204. The van der Waals surface area contributed by atoms with Gasteiger partial charge in [0.25, 0.3) is 5.91 Å². The number of rotatable bonds is 11. The van der Waals surface area contributed by atoms with E-state index < -0.39 is 0 Å². The van der Waals surface area contributed by atoms with Crippen molar-refractivity contribution in [1.29, 1.82) is 0 Å². The largest absolute Gasteiger partial charge is 0.320 e. The number of carbonyl (C=O) groups excluding carboxylic acids is 2. The first-order valence-electron chi connectivity index (χ1n) is 13.2. The van der Waals surface area contributed by atoms with Gasteiger partial charge in [-0.2, -0.15) is 0 Å². The molecular weight excluding hydrogens is 446 g/mol. The Hall–Kier alpha value is -3.44. The van der Waals surface area contributed by atoms with E-state index in [0.717, 1.165) is 12.0 Å². The quantitative estimate of drug-likeness (QED) is 0.313. The molecule has 1 aliphatic rings. The lowest BCUT2D eigenvalue weighted by molar-refractivity contribution is -0.117. The van der Waals surface area contributed by atoms with Gasteiger partial charge in [0.05, 0.1) is 29.0 Å². The number of aryl methyl sites for hydroxylation is 1. The molecule has 5 nitrogen and oxygen atoms in total. The fraction of sp³-hybridized carbons (Fsp3) is 0.355. The van der Waals surface area contributed by atoms with Gasteiger partial charge in [-0.25, -0.2) is 0 Å². The predicted octanol–water partition coefficient (Wildman–Crippen LogP) is 6.60. The Morgan fingerprint density at radius 3 is 2.14 bits per heavy atom. The standard InChI is InChI=1S/C31H37N3O2/c1-3-20-33(21-4-2)22-10-9-11-24-16-18-25(19-17-24)23-30(35)34-28-14-7-5-12-26(28)31(36)32-27-13-6-8-15-29(27)34/h5-8,12-19H,3-4,9-11,20-23H2,1-2H3,(H,32,36). The van der Waals surface area contributed by atoms with Gasteiger partial charge < -0.3 is 10.2 Å². The third-order valence-corrected chi connectivity index (χ3v) is 6.68. The Balaban J connectivity index is 1.41. The summed E-state index contributed by atoms with van der Waals surface area (Å²) in [4.78, 5) is 30.6. The number of carbonyl (C=O) groups is 2. The molecule has 4 rings (SSSR count). The molecule has 3 aromatic rings. The van der Waals surface area contributed by atoms with Crippen LogP contribution < -0.4 is 10.2 Å². The maximum absolute atomic E-state index is 13.6. The van der Waals surface area contributed by atoms with E-state index in [1.165, 1.54) is 50.9 Å². The average Bonchev–Trinajstić information content (AvgIpc) is 3.01. The molecule has 1 aliphatic heterocycles. The normalized spacial score (nSPS) is 12.6. The monoisotopic (exact) mass is 483 g/mol. The van der Waals surface area contributed by atoms with Gasteiger partial charge >= 0.3 is 0 Å². The van der Waals surface area contributed by atoms with Crippen LogP contribution in [-0.4, -0.2) is 36.3 Å². The Morgan fingerprint density at radius 2 is 1.42 bits per heavy atom. The summed E-state index contributed by atoms with van der Waals surface area (Å²) in [5.41, 5.74) is 4.72. The van der Waals surface area contributed by atoms with Gasteiger partial charge in [-0.05, 0) is 87.1 Å². The zero-order valence-electron chi connectivity index (χ0n) is 21.5. The van der Waals surface area contributed by atoms with Crippen LogP contribution in [0.25, 0.3) is 0 Å². The van der Waals surface area contributed by atoms with Crippen molar-refractivity contribution in [2.75, 3.05) is 29.9 Å². The van der Waals surface area contributed by atoms with E-state index in [1.807, 2.05) is 42.5 Å². The van der Waals surface area contributed by atoms with Crippen LogP contribution in [0.4, 0.5) is 17.1 Å². The SMILES string of the molecule is CCCN(CCC)CCCCc1ccc(CC(=O)N2c3ccccc3NC(=O)c3ccccc32)cc1. The molecule has 2 amide bonds. The average molecular weight is 484 g/mol. The number of nitrogens with zero attached hydrogens (tertiary/aromatic N) is 2. The fourth-order valence-corrected chi connectivity index (χ4v) is 4.93. The van der Waals surface area contributed by atoms with Crippen molar-refractivity contribution in [3.63, 3.8) is 0 Å². The van der Waals surface area contributed by atoms with Crippen LogP contribution in [0.1, 0.15) is 61.0 Å². The molecule has 0 fully saturated rings. The van der Waals surface area contributed by atoms with Crippen LogP contribution in [0, 0.1) is 0 Å². The Labute approximate surface area is 215 Å². The summed E-state index contributed by atoms with van der Waals surface area (Å²) in [6.45, 7) is 8.04. The molecule has 0 atom stereocenters. The van der Waals surface area contributed by atoms with Gasteiger partial charge in [0.15, 0.2) is 0 Å². The number of fused-ring (bicyclic) bond motifs is 2. The van der Waals surface area contributed by atoms with Crippen LogP contribution in [0.2, 0.25) is 0 Å². The lowest BCUT2D eigenvalue weighted by atomic mass is 10.0. The van der Waals surface area contributed by atoms with Crippen molar-refractivity contribution in [3.8, 4) is 0 Å². The molecule has 0 aliphatic carbocycles. The predicted molar refractivity (Wildman–Crippen MR) is 148 cm³/mol. The van der Waals surface area contributed by atoms with Gasteiger partial charge in [-0.15, -0.1) is 0 Å². The van der Waals surface area contributed by atoms with Crippen molar-refractivity contribution in [1.82, 2.24) is 4.90 Å². The van der Waals surface area contributed by atoms with Crippen LogP contribution in [0.3, 0.4) is 0 Å². The number of nitrogens with one attached hydrogen (secondary N) is 1. The van der Waals surface area contributed by atoms with Gasteiger partial charge in [0.1, 0.15) is 0 Å². The van der Waals surface area contributed by atoms with E-state index in [9.17, 15) is 9.59 Å². The molecule has 0 bridgehead atoms. The summed E-state index contributed by atoms with van der Waals surface area (Å²) in [5.74, 6) is -0.267. The molecule has 3 aromatic carbocycles. The van der Waals surface area contributed by atoms with Crippen molar-refractivity contribution in [3.05, 3.63) is 89.5 Å². The highest BCUT2D eigenvalue weighted by Gasteiger charge is 2.28. The minimum Gasteiger partial charge on any atom is -0.320 e. The van der Waals surface area contributed by atoms with Crippen LogP contribution in [0.5, 0.6) is 0 Å². The van der Waals surface area contributed by atoms with Crippen molar-refractivity contribution >= 4 is 28.9 Å². The lowest BCUT2D eigenvalue weighted by Crippen LogP contribution is -2.28. The Bertz CT molecular complexity index is 1170. The number of unbranched alkanes of at least 4 members (excludes halogenated alkanes) is 1. The zero-order valence-corrected chi connectivity index (χ0v) is 21.5. The molecule has 0 aromatic heterocycles. The first-order valence-corrected chi connectivity index (χ1v) is 13.2. The maximum atomic E-state index is 13.6. The van der Waals surface area contributed by atoms with Crippen molar-refractivity contribution in [2.45, 2.75) is 52.4 Å². The molecule has 0 saturated carbocycles. The summed E-state index contributed by atoms with van der Waals surface area (Å²) in [6.07, 6.45) is 6.12. The summed E-state index contributed by atoms with van der Waals surface area (Å²) in [7, 11) is 0. The van der Waals surface area contributed by atoms with Gasteiger partial charge in [0, 0.05) is 0 Å². The Kier molecular flexibility index (Phi) is 8.90. The maximum Gasteiger partial charge on any atom is 0.257 e. The van der Waals surface area contributed by atoms with Crippen LogP contribution >= 0.6 is 0 Å². The van der Waals surface area contributed by atoms with Gasteiger partial charge in [-0.3, -0.25) is 14.5 Å². The van der Waals surface area contributed by atoms with E-state index >= 15 is 0 Å². The number of benzene rings is 3. The summed E-state index contributed by atoms with van der Waals surface area (Å²) in [5, 5.41) is 2.94. The molecule has 36 heavy (non-hydrogen) atoms. The number of para-hydroxylation sites is 3. The van der Waals surface area contributed by atoms with E-state index in [4.69, 9.17) is 0 Å². The first kappa shape index (κ1) is 25.6. The molecule has 0 spiro atoms. The third-order valence-electron chi connectivity index (χ3n) is 6.68. The molecule has 5 heteroatoms. The molecule has 0 radical (unpaired) electrons. The minimum absolute atomic E-state index is 0.0638. The molecule has 1 N–H and O–H groups in total. The summed E-state index contributed by atoms with van der Waals surface area (Å²) in [6, 6.07) is 23.1. The lowest BCUT2D eigenvalue weighted by Gasteiger charge is -2.24. The van der Waals surface area contributed by atoms with E-state index in [0.29, 0.717) is 22.6 Å². The van der Waals surface area contributed by atoms with Crippen molar-refractivity contribution < 1.29 is 9.59 Å². The van der Waals surface area contributed by atoms with Crippen LogP contribution in [-0.2, 0) is 17.6 Å². The van der Waals surface area contributed by atoms with Crippen LogP contribution in [0.15, 0.2) is 72.8 Å². The van der Waals surface area contributed by atoms with E-state index in [-0.39, 0.29) is 18.2 Å². The number of hydrogen-bond donors (Lipinski definition) is 1. The number of amides is 2. The topological polar surface area (TPSA) is 52.7 Å². The fourth-order valence-electron chi connectivity index (χ4n) is 4.93. The zero-order chi connectivity index (χ0) is 25.3. The molecule has 188 valence electrons.